The molecule has 0 spiro atoms. The second-order valence-corrected chi connectivity index (χ2v) is 9.44. The third-order valence-corrected chi connectivity index (χ3v) is 6.91. The van der Waals surface area contributed by atoms with Crippen LogP contribution in [0.5, 0.6) is 11.5 Å². The van der Waals surface area contributed by atoms with Crippen LogP contribution in [-0.4, -0.2) is 60.8 Å². The lowest BCUT2D eigenvalue weighted by Crippen LogP contribution is -2.32. The maximum Gasteiger partial charge on any atom is 0.273 e. The Hall–Kier alpha value is -3.82. The molecule has 2 N–H and O–H groups in total. The highest BCUT2D eigenvalue weighted by Crippen LogP contribution is 2.32. The van der Waals surface area contributed by atoms with E-state index in [1.54, 1.807) is 14.2 Å². The van der Waals surface area contributed by atoms with Crippen molar-refractivity contribution in [1.82, 2.24) is 20.2 Å². The maximum atomic E-state index is 12.6. The average Bonchev–Trinajstić information content (AvgIpc) is 3.72. The van der Waals surface area contributed by atoms with Crippen molar-refractivity contribution in [3.8, 4) is 11.5 Å². The number of amides is 1. The summed E-state index contributed by atoms with van der Waals surface area (Å²) in [7, 11) is 3.28. The van der Waals surface area contributed by atoms with Crippen LogP contribution in [-0.2, 0) is 24.2 Å². The SMILES string of the molecule is COc1cccc(CN(CCc2c[nH]c3ccccc23)Cc2nc(C(=O)NC[C@@H]3CCCO3)co2)c1OC. The molecule has 4 aromatic rings. The van der Waals surface area contributed by atoms with E-state index in [2.05, 4.69) is 44.6 Å². The van der Waals surface area contributed by atoms with Crippen LogP contribution in [0.2, 0.25) is 0 Å². The van der Waals surface area contributed by atoms with Gasteiger partial charge >= 0.3 is 0 Å². The number of carbonyl (C=O) groups excluding carboxylic acids is 1. The fourth-order valence-corrected chi connectivity index (χ4v) is 4.93. The quantitative estimate of drug-likeness (QED) is 0.288. The number of benzene rings is 2. The van der Waals surface area contributed by atoms with E-state index in [9.17, 15) is 4.79 Å². The summed E-state index contributed by atoms with van der Waals surface area (Å²) in [5.41, 5.74) is 3.63. The van der Waals surface area contributed by atoms with Crippen LogP contribution < -0.4 is 14.8 Å². The second kappa shape index (κ2) is 12.1. The molecule has 0 unspecified atom stereocenters. The topological polar surface area (TPSA) is 102 Å². The standard InChI is InChI=1S/C29H34N4O5/c1-35-26-11-5-7-21(28(26)36-2)17-33(13-12-20-15-30-24-10-4-3-9-23(20)24)18-27-32-25(19-38-27)29(34)31-16-22-8-6-14-37-22/h3-5,7,9-11,15,19,22,30H,6,8,12-14,16-18H2,1-2H3,(H,31,34)/t22-/m0/s1. The lowest BCUT2D eigenvalue weighted by atomic mass is 10.1. The summed E-state index contributed by atoms with van der Waals surface area (Å²) in [6, 6.07) is 14.2. The van der Waals surface area contributed by atoms with E-state index >= 15 is 0 Å². The van der Waals surface area contributed by atoms with Gasteiger partial charge in [-0.3, -0.25) is 9.69 Å². The zero-order valence-electron chi connectivity index (χ0n) is 21.9. The molecule has 1 aliphatic heterocycles. The zero-order chi connectivity index (χ0) is 26.3. The Labute approximate surface area is 222 Å². The van der Waals surface area contributed by atoms with Crippen molar-refractivity contribution < 1.29 is 23.4 Å². The van der Waals surface area contributed by atoms with Crippen LogP contribution in [0.3, 0.4) is 0 Å². The van der Waals surface area contributed by atoms with Crippen LogP contribution in [0, 0.1) is 0 Å². The number of hydrogen-bond donors (Lipinski definition) is 2. The molecule has 38 heavy (non-hydrogen) atoms. The van der Waals surface area contributed by atoms with Gasteiger partial charge in [-0.15, -0.1) is 0 Å². The van der Waals surface area contributed by atoms with Crippen LogP contribution in [0.15, 0.2) is 59.3 Å². The number of hydrogen-bond acceptors (Lipinski definition) is 7. The molecule has 1 fully saturated rings. The monoisotopic (exact) mass is 518 g/mol. The number of para-hydroxylation sites is 2. The molecule has 200 valence electrons. The summed E-state index contributed by atoms with van der Waals surface area (Å²) in [6.45, 7) is 2.99. The molecule has 1 amide bonds. The molecule has 3 heterocycles. The van der Waals surface area contributed by atoms with E-state index in [4.69, 9.17) is 18.6 Å². The van der Waals surface area contributed by atoms with E-state index < -0.39 is 0 Å². The second-order valence-electron chi connectivity index (χ2n) is 9.44. The van der Waals surface area contributed by atoms with Crippen molar-refractivity contribution in [2.75, 3.05) is 33.9 Å². The minimum absolute atomic E-state index is 0.0724. The van der Waals surface area contributed by atoms with E-state index in [1.165, 1.54) is 17.2 Å². The number of oxazole rings is 1. The van der Waals surface area contributed by atoms with Crippen molar-refractivity contribution in [2.45, 2.75) is 38.5 Å². The summed E-state index contributed by atoms with van der Waals surface area (Å²) in [6.07, 6.45) is 6.38. The molecular weight excluding hydrogens is 484 g/mol. The fourth-order valence-electron chi connectivity index (χ4n) is 4.93. The molecule has 2 aromatic carbocycles. The largest absolute Gasteiger partial charge is 0.493 e. The minimum Gasteiger partial charge on any atom is -0.493 e. The van der Waals surface area contributed by atoms with E-state index in [-0.39, 0.29) is 17.7 Å². The minimum atomic E-state index is -0.254. The van der Waals surface area contributed by atoms with Crippen LogP contribution in [0.1, 0.15) is 40.3 Å². The number of rotatable bonds is 12. The third-order valence-electron chi connectivity index (χ3n) is 6.91. The van der Waals surface area contributed by atoms with Crippen molar-refractivity contribution in [3.63, 3.8) is 0 Å². The van der Waals surface area contributed by atoms with Gasteiger partial charge in [0, 0.05) is 48.9 Å². The van der Waals surface area contributed by atoms with Gasteiger partial charge in [-0.05, 0) is 37.0 Å². The van der Waals surface area contributed by atoms with Crippen molar-refractivity contribution in [2.24, 2.45) is 0 Å². The first-order valence-electron chi connectivity index (χ1n) is 13.0. The van der Waals surface area contributed by atoms with Gasteiger partial charge in [-0.1, -0.05) is 30.3 Å². The van der Waals surface area contributed by atoms with Crippen LogP contribution in [0.25, 0.3) is 10.9 Å². The van der Waals surface area contributed by atoms with E-state index in [1.807, 2.05) is 24.3 Å². The number of nitrogens with zero attached hydrogens (tertiary/aromatic N) is 2. The summed E-state index contributed by atoms with van der Waals surface area (Å²) in [4.78, 5) is 22.7. The predicted octanol–water partition coefficient (Wildman–Crippen LogP) is 4.33. The summed E-state index contributed by atoms with van der Waals surface area (Å²) >= 11 is 0. The third kappa shape index (κ3) is 6.00. The first kappa shape index (κ1) is 25.8. The van der Waals surface area contributed by atoms with Crippen LogP contribution >= 0.6 is 0 Å². The van der Waals surface area contributed by atoms with Gasteiger partial charge in [0.25, 0.3) is 5.91 Å². The molecule has 5 rings (SSSR count). The van der Waals surface area contributed by atoms with Gasteiger partial charge in [0.15, 0.2) is 17.2 Å². The van der Waals surface area contributed by atoms with Gasteiger partial charge in [-0.2, -0.15) is 0 Å². The Morgan fingerprint density at radius 3 is 2.84 bits per heavy atom. The number of fused-ring (bicyclic) bond motifs is 1. The van der Waals surface area contributed by atoms with Crippen molar-refractivity contribution in [1.29, 1.82) is 0 Å². The Kier molecular flexibility index (Phi) is 8.25. The maximum absolute atomic E-state index is 12.6. The number of carbonyl (C=O) groups is 1. The summed E-state index contributed by atoms with van der Waals surface area (Å²) in [5, 5.41) is 4.12. The molecule has 0 bridgehead atoms. The summed E-state index contributed by atoms with van der Waals surface area (Å²) in [5.74, 6) is 1.61. The molecular formula is C29H34N4O5. The lowest BCUT2D eigenvalue weighted by molar-refractivity contribution is 0.0853. The number of ether oxygens (including phenoxy) is 3. The van der Waals surface area contributed by atoms with Crippen LogP contribution in [0.4, 0.5) is 0 Å². The van der Waals surface area contributed by atoms with Crippen molar-refractivity contribution in [3.05, 3.63) is 77.6 Å². The first-order valence-corrected chi connectivity index (χ1v) is 13.0. The number of nitrogens with one attached hydrogen (secondary N) is 2. The highest BCUT2D eigenvalue weighted by atomic mass is 16.5. The van der Waals surface area contributed by atoms with Crippen molar-refractivity contribution >= 4 is 16.8 Å². The highest BCUT2D eigenvalue weighted by Gasteiger charge is 2.20. The average molecular weight is 519 g/mol. The van der Waals surface area contributed by atoms with Gasteiger partial charge in [0.1, 0.15) is 6.26 Å². The number of methoxy groups -OCH3 is 2. The normalized spacial score (nSPS) is 15.3. The summed E-state index contributed by atoms with van der Waals surface area (Å²) < 4.78 is 22.5. The Morgan fingerprint density at radius 1 is 1.13 bits per heavy atom. The van der Waals surface area contributed by atoms with E-state index in [0.717, 1.165) is 43.5 Å². The first-order chi connectivity index (χ1) is 18.6. The van der Waals surface area contributed by atoms with Gasteiger partial charge in [0.05, 0.1) is 26.9 Å². The molecule has 1 saturated heterocycles. The molecule has 9 nitrogen and oxygen atoms in total. The van der Waals surface area contributed by atoms with Gasteiger partial charge in [-0.25, -0.2) is 4.98 Å². The Morgan fingerprint density at radius 2 is 2.03 bits per heavy atom. The van der Waals surface area contributed by atoms with Gasteiger partial charge in [0.2, 0.25) is 5.89 Å². The molecule has 0 saturated carbocycles. The van der Waals surface area contributed by atoms with Gasteiger partial charge < -0.3 is 28.9 Å². The zero-order valence-corrected chi connectivity index (χ0v) is 21.9. The molecule has 9 heteroatoms. The lowest BCUT2D eigenvalue weighted by Gasteiger charge is -2.22. The smallest absolute Gasteiger partial charge is 0.273 e. The Bertz CT molecular complexity index is 1360. The van der Waals surface area contributed by atoms with E-state index in [0.29, 0.717) is 37.0 Å². The number of aromatic amines is 1. The Balaban J connectivity index is 1.31. The molecule has 2 aromatic heterocycles. The number of aromatic nitrogens is 2. The molecule has 0 aliphatic carbocycles. The number of H-pyrrole nitrogens is 1. The molecule has 1 atom stereocenters. The highest BCUT2D eigenvalue weighted by molar-refractivity contribution is 5.91. The molecule has 1 aliphatic rings. The predicted molar refractivity (Wildman–Crippen MR) is 143 cm³/mol. The fraction of sp³-hybridized carbons (Fsp3) is 0.379. The molecule has 0 radical (unpaired) electrons.